The summed E-state index contributed by atoms with van der Waals surface area (Å²) in [5, 5.41) is 3.48. The summed E-state index contributed by atoms with van der Waals surface area (Å²) in [6, 6.07) is 16.4. The van der Waals surface area contributed by atoms with E-state index in [1.807, 2.05) is 19.2 Å². The van der Waals surface area contributed by atoms with Crippen molar-refractivity contribution in [2.45, 2.75) is 30.7 Å². The van der Waals surface area contributed by atoms with Gasteiger partial charge in [0.15, 0.2) is 0 Å². The van der Waals surface area contributed by atoms with E-state index in [1.165, 1.54) is 24.5 Å². The minimum atomic E-state index is -0.205. The van der Waals surface area contributed by atoms with Gasteiger partial charge in [0.25, 0.3) is 0 Å². The van der Waals surface area contributed by atoms with Crippen LogP contribution in [0.25, 0.3) is 0 Å². The first kappa shape index (κ1) is 14.7. The molecular weight excluding hydrogens is 329 g/mol. The van der Waals surface area contributed by atoms with Crippen molar-refractivity contribution in [1.82, 2.24) is 5.32 Å². The molecule has 3 rings (SSSR count). The highest BCUT2D eigenvalue weighted by molar-refractivity contribution is 9.10. The van der Waals surface area contributed by atoms with E-state index in [2.05, 4.69) is 51.6 Å². The molecule has 1 N–H and O–H groups in total. The summed E-state index contributed by atoms with van der Waals surface area (Å²) in [4.78, 5) is 0. The smallest absolute Gasteiger partial charge is 0.137 e. The zero-order chi connectivity index (χ0) is 14.9. The maximum absolute atomic E-state index is 13.4. The van der Waals surface area contributed by atoms with Crippen molar-refractivity contribution in [2.24, 2.45) is 0 Å². The Balaban J connectivity index is 1.84. The Morgan fingerprint density at radius 2 is 1.90 bits per heavy atom. The topological polar surface area (TPSA) is 12.0 Å². The van der Waals surface area contributed by atoms with Gasteiger partial charge in [0.2, 0.25) is 0 Å². The van der Waals surface area contributed by atoms with E-state index in [0.29, 0.717) is 10.5 Å². The number of rotatable bonds is 5. The predicted molar refractivity (Wildman–Crippen MR) is 88.0 cm³/mol. The van der Waals surface area contributed by atoms with Crippen LogP contribution in [0.3, 0.4) is 0 Å². The zero-order valence-corrected chi connectivity index (χ0v) is 13.7. The monoisotopic (exact) mass is 347 g/mol. The molecule has 0 heterocycles. The van der Waals surface area contributed by atoms with Gasteiger partial charge in [-0.1, -0.05) is 36.4 Å². The third-order valence-electron chi connectivity index (χ3n) is 4.58. The van der Waals surface area contributed by atoms with E-state index in [9.17, 15) is 4.39 Å². The number of halogens is 2. The van der Waals surface area contributed by atoms with Crippen molar-refractivity contribution < 1.29 is 4.39 Å². The van der Waals surface area contributed by atoms with Crippen LogP contribution >= 0.6 is 15.9 Å². The summed E-state index contributed by atoms with van der Waals surface area (Å²) in [5.74, 6) is -0.205. The van der Waals surface area contributed by atoms with E-state index in [0.717, 1.165) is 12.0 Å². The van der Waals surface area contributed by atoms with Gasteiger partial charge in [0.1, 0.15) is 5.82 Å². The summed E-state index contributed by atoms with van der Waals surface area (Å²) in [5.41, 5.74) is 2.80. The lowest BCUT2D eigenvalue weighted by Crippen LogP contribution is -2.39. The summed E-state index contributed by atoms with van der Waals surface area (Å²) in [7, 11) is 2.02. The highest BCUT2D eigenvalue weighted by atomic mass is 79.9. The maximum Gasteiger partial charge on any atom is 0.137 e. The SMILES string of the molecule is CNC(Cc1ccc(F)c(Br)c1)C1(c2ccccc2)CC1. The van der Waals surface area contributed by atoms with Crippen LogP contribution in [-0.2, 0) is 11.8 Å². The van der Waals surface area contributed by atoms with Crippen molar-refractivity contribution in [1.29, 1.82) is 0 Å². The number of likely N-dealkylation sites (N-methyl/N-ethyl adjacent to an activating group) is 1. The molecule has 1 nitrogen and oxygen atoms in total. The molecule has 2 aromatic carbocycles. The van der Waals surface area contributed by atoms with E-state index in [4.69, 9.17) is 0 Å². The van der Waals surface area contributed by atoms with Crippen molar-refractivity contribution >= 4 is 15.9 Å². The average Bonchev–Trinajstić information content (AvgIpc) is 3.31. The second kappa shape index (κ2) is 5.90. The third kappa shape index (κ3) is 2.90. The van der Waals surface area contributed by atoms with Crippen LogP contribution in [0.2, 0.25) is 0 Å². The first-order chi connectivity index (χ1) is 10.2. The van der Waals surface area contributed by atoms with Gasteiger partial charge in [-0.2, -0.15) is 0 Å². The average molecular weight is 348 g/mol. The molecule has 1 fully saturated rings. The van der Waals surface area contributed by atoms with E-state index < -0.39 is 0 Å². The number of nitrogens with one attached hydrogen (secondary N) is 1. The van der Waals surface area contributed by atoms with Crippen LogP contribution < -0.4 is 5.32 Å². The normalized spacial score (nSPS) is 17.5. The highest BCUT2D eigenvalue weighted by Crippen LogP contribution is 2.51. The van der Waals surface area contributed by atoms with Crippen LogP contribution in [0.4, 0.5) is 4.39 Å². The van der Waals surface area contributed by atoms with Gasteiger partial charge in [-0.05, 0) is 65.5 Å². The van der Waals surface area contributed by atoms with Gasteiger partial charge in [-0.3, -0.25) is 0 Å². The Labute approximate surface area is 133 Å². The fourth-order valence-electron chi connectivity index (χ4n) is 3.22. The Kier molecular flexibility index (Phi) is 4.14. The second-order valence-electron chi connectivity index (χ2n) is 5.82. The number of hydrogen-bond acceptors (Lipinski definition) is 1. The Bertz CT molecular complexity index is 622. The van der Waals surface area contributed by atoms with Gasteiger partial charge in [0.05, 0.1) is 4.47 Å². The molecule has 110 valence electrons. The second-order valence-corrected chi connectivity index (χ2v) is 6.67. The molecular formula is C18H19BrFN. The van der Waals surface area contributed by atoms with Gasteiger partial charge >= 0.3 is 0 Å². The Morgan fingerprint density at radius 1 is 1.19 bits per heavy atom. The van der Waals surface area contributed by atoms with E-state index in [1.54, 1.807) is 0 Å². The molecule has 2 aromatic rings. The molecule has 0 aromatic heterocycles. The van der Waals surface area contributed by atoms with Gasteiger partial charge in [0, 0.05) is 11.5 Å². The zero-order valence-electron chi connectivity index (χ0n) is 12.1. The fourth-order valence-corrected chi connectivity index (χ4v) is 3.65. The third-order valence-corrected chi connectivity index (χ3v) is 5.18. The lowest BCUT2D eigenvalue weighted by molar-refractivity contribution is 0.442. The predicted octanol–water partition coefficient (Wildman–Crippen LogP) is 4.45. The molecule has 0 radical (unpaired) electrons. The molecule has 0 spiro atoms. The Hall–Kier alpha value is -1.19. The minimum absolute atomic E-state index is 0.205. The lowest BCUT2D eigenvalue weighted by Gasteiger charge is -2.27. The molecule has 1 unspecified atom stereocenters. The van der Waals surface area contributed by atoms with Crippen LogP contribution in [0.15, 0.2) is 53.0 Å². The van der Waals surface area contributed by atoms with Gasteiger partial charge in [-0.15, -0.1) is 0 Å². The molecule has 0 bridgehead atoms. The van der Waals surface area contributed by atoms with Crippen LogP contribution in [0.1, 0.15) is 24.0 Å². The van der Waals surface area contributed by atoms with Crippen LogP contribution in [-0.4, -0.2) is 13.1 Å². The lowest BCUT2D eigenvalue weighted by atomic mass is 9.84. The summed E-state index contributed by atoms with van der Waals surface area (Å²) in [6.45, 7) is 0. The first-order valence-electron chi connectivity index (χ1n) is 7.32. The molecule has 0 amide bonds. The molecule has 21 heavy (non-hydrogen) atoms. The summed E-state index contributed by atoms with van der Waals surface area (Å²) < 4.78 is 13.9. The summed E-state index contributed by atoms with van der Waals surface area (Å²) >= 11 is 3.27. The van der Waals surface area contributed by atoms with Crippen molar-refractivity contribution in [3.05, 3.63) is 69.9 Å². The highest BCUT2D eigenvalue weighted by Gasteiger charge is 2.49. The fraction of sp³-hybridized carbons (Fsp3) is 0.333. The van der Waals surface area contributed by atoms with Crippen LogP contribution in [0, 0.1) is 5.82 Å². The molecule has 0 aliphatic heterocycles. The molecule has 3 heteroatoms. The standard InChI is InChI=1S/C18H19BrFN/c1-21-17(12-13-7-8-16(20)15(19)11-13)18(9-10-18)14-5-3-2-4-6-14/h2-8,11,17,21H,9-10,12H2,1H3. The van der Waals surface area contributed by atoms with Gasteiger partial charge in [-0.25, -0.2) is 4.39 Å². The van der Waals surface area contributed by atoms with E-state index in [-0.39, 0.29) is 11.2 Å². The molecule has 0 saturated heterocycles. The van der Waals surface area contributed by atoms with Crippen LogP contribution in [0.5, 0.6) is 0 Å². The van der Waals surface area contributed by atoms with Crippen molar-refractivity contribution in [3.63, 3.8) is 0 Å². The minimum Gasteiger partial charge on any atom is -0.316 e. The maximum atomic E-state index is 13.4. The summed E-state index contributed by atoms with van der Waals surface area (Å²) in [6.07, 6.45) is 3.33. The van der Waals surface area contributed by atoms with Crippen molar-refractivity contribution in [2.75, 3.05) is 7.05 Å². The Morgan fingerprint density at radius 3 is 2.48 bits per heavy atom. The molecule has 1 aliphatic rings. The molecule has 1 aliphatic carbocycles. The molecule has 1 atom stereocenters. The number of hydrogen-bond donors (Lipinski definition) is 1. The largest absolute Gasteiger partial charge is 0.316 e. The quantitative estimate of drug-likeness (QED) is 0.842. The molecule has 1 saturated carbocycles. The first-order valence-corrected chi connectivity index (χ1v) is 8.12. The van der Waals surface area contributed by atoms with E-state index >= 15 is 0 Å². The van der Waals surface area contributed by atoms with Crippen molar-refractivity contribution in [3.8, 4) is 0 Å². The number of benzene rings is 2. The van der Waals surface area contributed by atoms with Gasteiger partial charge < -0.3 is 5.32 Å².